The van der Waals surface area contributed by atoms with Crippen molar-refractivity contribution in [1.82, 2.24) is 9.80 Å². The summed E-state index contributed by atoms with van der Waals surface area (Å²) in [6.45, 7) is 0.0422. The first-order chi connectivity index (χ1) is 10.8. The predicted octanol–water partition coefficient (Wildman–Crippen LogP) is 2.14. The van der Waals surface area contributed by atoms with Gasteiger partial charge in [-0.3, -0.25) is 14.4 Å². The summed E-state index contributed by atoms with van der Waals surface area (Å²) in [5.41, 5.74) is 0.347. The first-order valence-corrected chi connectivity index (χ1v) is 7.79. The van der Waals surface area contributed by atoms with Gasteiger partial charge >= 0.3 is 5.97 Å². The zero-order valence-corrected chi connectivity index (χ0v) is 14.0. The number of aliphatic carboxylic acids is 1. The van der Waals surface area contributed by atoms with Crippen molar-refractivity contribution in [1.29, 1.82) is 0 Å². The smallest absolute Gasteiger partial charge is 0.323 e. The van der Waals surface area contributed by atoms with Gasteiger partial charge in [-0.25, -0.2) is 0 Å². The van der Waals surface area contributed by atoms with Crippen LogP contribution in [-0.2, 0) is 9.59 Å². The SMILES string of the molecule is CN(CC(=O)O)C(=O)C1CCCN1C(=O)c1ccc(Cl)c(Cl)c1. The summed E-state index contributed by atoms with van der Waals surface area (Å²) in [5, 5.41) is 9.40. The number of nitrogens with zero attached hydrogens (tertiary/aromatic N) is 2. The summed E-state index contributed by atoms with van der Waals surface area (Å²) in [6.07, 6.45) is 1.19. The van der Waals surface area contributed by atoms with Gasteiger partial charge in [0.05, 0.1) is 10.0 Å². The third-order valence-electron chi connectivity index (χ3n) is 3.71. The Hall–Kier alpha value is -1.79. The molecule has 0 aromatic heterocycles. The number of hydrogen-bond acceptors (Lipinski definition) is 3. The largest absolute Gasteiger partial charge is 0.480 e. The number of carboxylic acids is 1. The summed E-state index contributed by atoms with van der Waals surface area (Å²) < 4.78 is 0. The van der Waals surface area contributed by atoms with Crippen LogP contribution in [0.25, 0.3) is 0 Å². The second-order valence-corrected chi connectivity index (χ2v) is 6.19. The number of carbonyl (C=O) groups is 3. The topological polar surface area (TPSA) is 77.9 Å². The molecule has 0 saturated carbocycles. The lowest BCUT2D eigenvalue weighted by Crippen LogP contribution is -2.47. The minimum atomic E-state index is -1.10. The highest BCUT2D eigenvalue weighted by Crippen LogP contribution is 2.26. The minimum Gasteiger partial charge on any atom is -0.480 e. The molecule has 0 spiro atoms. The molecule has 0 aliphatic carbocycles. The van der Waals surface area contributed by atoms with E-state index in [2.05, 4.69) is 0 Å². The van der Waals surface area contributed by atoms with Crippen molar-refractivity contribution in [3.05, 3.63) is 33.8 Å². The molecule has 1 saturated heterocycles. The molecule has 2 rings (SSSR count). The number of rotatable bonds is 4. The maximum absolute atomic E-state index is 12.6. The molecule has 1 unspecified atom stereocenters. The Balaban J connectivity index is 2.17. The number of carbonyl (C=O) groups excluding carboxylic acids is 2. The van der Waals surface area contributed by atoms with Crippen molar-refractivity contribution in [3.63, 3.8) is 0 Å². The van der Waals surface area contributed by atoms with Crippen molar-refractivity contribution in [2.75, 3.05) is 20.1 Å². The maximum atomic E-state index is 12.6. The van der Waals surface area contributed by atoms with Gasteiger partial charge in [-0.1, -0.05) is 23.2 Å². The number of likely N-dealkylation sites (tertiary alicyclic amines) is 1. The van der Waals surface area contributed by atoms with Gasteiger partial charge in [0.15, 0.2) is 0 Å². The van der Waals surface area contributed by atoms with Gasteiger partial charge in [0, 0.05) is 19.2 Å². The van der Waals surface area contributed by atoms with E-state index in [1.54, 1.807) is 6.07 Å². The van der Waals surface area contributed by atoms with Crippen LogP contribution < -0.4 is 0 Å². The molecule has 1 atom stereocenters. The van der Waals surface area contributed by atoms with E-state index in [1.165, 1.54) is 24.1 Å². The molecule has 2 amide bonds. The normalized spacial score (nSPS) is 17.2. The van der Waals surface area contributed by atoms with Crippen LogP contribution in [-0.4, -0.2) is 58.9 Å². The Labute approximate surface area is 143 Å². The molecule has 6 nitrogen and oxygen atoms in total. The molecule has 0 radical (unpaired) electrons. The van der Waals surface area contributed by atoms with E-state index in [1.807, 2.05) is 0 Å². The number of likely N-dealkylation sites (N-methyl/N-ethyl adjacent to an activating group) is 1. The average molecular weight is 359 g/mol. The van der Waals surface area contributed by atoms with Crippen molar-refractivity contribution < 1.29 is 19.5 Å². The molecule has 1 aromatic rings. The third kappa shape index (κ3) is 3.95. The van der Waals surface area contributed by atoms with Crippen LogP contribution in [0, 0.1) is 0 Å². The lowest BCUT2D eigenvalue weighted by atomic mass is 10.1. The molecule has 8 heteroatoms. The maximum Gasteiger partial charge on any atom is 0.323 e. The van der Waals surface area contributed by atoms with E-state index in [9.17, 15) is 14.4 Å². The minimum absolute atomic E-state index is 0.266. The summed E-state index contributed by atoms with van der Waals surface area (Å²) in [6, 6.07) is 3.90. The van der Waals surface area contributed by atoms with Crippen LogP contribution in [0.5, 0.6) is 0 Å². The van der Waals surface area contributed by atoms with Crippen LogP contribution in [0.2, 0.25) is 10.0 Å². The fourth-order valence-electron chi connectivity index (χ4n) is 2.60. The first-order valence-electron chi connectivity index (χ1n) is 7.04. The molecule has 124 valence electrons. The van der Waals surface area contributed by atoms with Crippen LogP contribution in [0.4, 0.5) is 0 Å². The summed E-state index contributed by atoms with van der Waals surface area (Å²) in [5.74, 6) is -1.79. The van der Waals surface area contributed by atoms with Crippen LogP contribution in [0.15, 0.2) is 18.2 Å². The second kappa shape index (κ2) is 7.19. The van der Waals surface area contributed by atoms with Gasteiger partial charge in [0.25, 0.3) is 5.91 Å². The van der Waals surface area contributed by atoms with Gasteiger partial charge in [0.1, 0.15) is 12.6 Å². The number of hydrogen-bond donors (Lipinski definition) is 1. The van der Waals surface area contributed by atoms with E-state index in [-0.39, 0.29) is 16.8 Å². The van der Waals surface area contributed by atoms with Gasteiger partial charge in [-0.15, -0.1) is 0 Å². The molecule has 1 aromatic carbocycles. The van der Waals surface area contributed by atoms with Crippen molar-refractivity contribution in [2.24, 2.45) is 0 Å². The number of halogens is 2. The van der Waals surface area contributed by atoms with E-state index >= 15 is 0 Å². The number of benzene rings is 1. The average Bonchev–Trinajstić information content (AvgIpc) is 2.97. The predicted molar refractivity (Wildman–Crippen MR) is 85.8 cm³/mol. The quantitative estimate of drug-likeness (QED) is 0.894. The van der Waals surface area contributed by atoms with Gasteiger partial charge < -0.3 is 14.9 Å². The molecular weight excluding hydrogens is 343 g/mol. The molecular formula is C15H16Cl2N2O4. The Morgan fingerprint density at radius 1 is 1.30 bits per heavy atom. The monoisotopic (exact) mass is 358 g/mol. The zero-order valence-electron chi connectivity index (χ0n) is 12.5. The molecule has 1 heterocycles. The molecule has 1 N–H and O–H groups in total. The molecule has 1 aliphatic rings. The van der Waals surface area contributed by atoms with Crippen molar-refractivity contribution >= 4 is 41.0 Å². The van der Waals surface area contributed by atoms with E-state index in [0.717, 1.165) is 4.90 Å². The summed E-state index contributed by atoms with van der Waals surface area (Å²) in [7, 11) is 1.41. The van der Waals surface area contributed by atoms with Gasteiger partial charge in [-0.2, -0.15) is 0 Å². The first kappa shape index (κ1) is 17.6. The Morgan fingerprint density at radius 3 is 2.61 bits per heavy atom. The number of carboxylic acid groups (broad SMARTS) is 1. The molecule has 23 heavy (non-hydrogen) atoms. The summed E-state index contributed by atoms with van der Waals surface area (Å²) >= 11 is 11.8. The van der Waals surface area contributed by atoms with E-state index < -0.39 is 18.6 Å². The molecule has 1 fully saturated rings. The van der Waals surface area contributed by atoms with Crippen LogP contribution in [0.3, 0.4) is 0 Å². The highest BCUT2D eigenvalue weighted by atomic mass is 35.5. The lowest BCUT2D eigenvalue weighted by Gasteiger charge is -2.27. The molecule has 0 bridgehead atoms. The van der Waals surface area contributed by atoms with Crippen molar-refractivity contribution in [3.8, 4) is 0 Å². The van der Waals surface area contributed by atoms with Crippen LogP contribution >= 0.6 is 23.2 Å². The Kier molecular flexibility index (Phi) is 5.49. The van der Waals surface area contributed by atoms with Gasteiger partial charge in [-0.05, 0) is 31.0 Å². The Bertz CT molecular complexity index is 650. The zero-order chi connectivity index (χ0) is 17.1. The molecule has 1 aliphatic heterocycles. The highest BCUT2D eigenvalue weighted by molar-refractivity contribution is 6.42. The van der Waals surface area contributed by atoms with E-state index in [0.29, 0.717) is 30.0 Å². The van der Waals surface area contributed by atoms with Crippen LogP contribution in [0.1, 0.15) is 23.2 Å². The highest BCUT2D eigenvalue weighted by Gasteiger charge is 2.36. The fourth-order valence-corrected chi connectivity index (χ4v) is 2.89. The lowest BCUT2D eigenvalue weighted by molar-refractivity contribution is -0.145. The van der Waals surface area contributed by atoms with Gasteiger partial charge in [0.2, 0.25) is 5.91 Å². The third-order valence-corrected chi connectivity index (χ3v) is 4.45. The Morgan fingerprint density at radius 2 is 2.00 bits per heavy atom. The standard InChI is InChI=1S/C15H16Cl2N2O4/c1-18(8-13(20)21)15(23)12-3-2-6-19(12)14(22)9-4-5-10(16)11(17)7-9/h4-5,7,12H,2-3,6,8H2,1H3,(H,20,21). The summed E-state index contributed by atoms with van der Waals surface area (Å²) in [4.78, 5) is 38.3. The van der Waals surface area contributed by atoms with E-state index in [4.69, 9.17) is 28.3 Å². The second-order valence-electron chi connectivity index (χ2n) is 5.37. The van der Waals surface area contributed by atoms with Crippen molar-refractivity contribution in [2.45, 2.75) is 18.9 Å². The fraction of sp³-hybridized carbons (Fsp3) is 0.400. The number of amides is 2.